The topological polar surface area (TPSA) is 59.0 Å². The summed E-state index contributed by atoms with van der Waals surface area (Å²) in [7, 11) is 0. The zero-order valence-corrected chi connectivity index (χ0v) is 15.2. The lowest BCUT2D eigenvalue weighted by Gasteiger charge is -2.13. The van der Waals surface area contributed by atoms with E-state index < -0.39 is 0 Å². The van der Waals surface area contributed by atoms with Gasteiger partial charge in [0.05, 0.1) is 39.6 Å². The van der Waals surface area contributed by atoms with Crippen LogP contribution in [0, 0.1) is 11.8 Å². The zero-order chi connectivity index (χ0) is 18.6. The normalized spacial score (nSPS) is 16.3. The van der Waals surface area contributed by atoms with Crippen molar-refractivity contribution in [3.63, 3.8) is 0 Å². The molecule has 0 bridgehead atoms. The van der Waals surface area contributed by atoms with Crippen LogP contribution >= 0.6 is 0 Å². The molecule has 3 rings (SSSR count). The van der Waals surface area contributed by atoms with E-state index in [1.807, 2.05) is 30.3 Å². The van der Waals surface area contributed by atoms with Gasteiger partial charge in [-0.2, -0.15) is 0 Å². The molecule has 2 aromatic rings. The first-order chi connectivity index (χ1) is 13.4. The lowest BCUT2D eigenvalue weighted by atomic mass is 10.2. The van der Waals surface area contributed by atoms with Gasteiger partial charge in [-0.1, -0.05) is 11.8 Å². The highest BCUT2D eigenvalue weighted by Gasteiger charge is 2.07. The minimum Gasteiger partial charge on any atom is -0.487 e. The first-order valence-corrected chi connectivity index (χ1v) is 8.97. The molecule has 1 aromatic heterocycles. The van der Waals surface area contributed by atoms with E-state index in [1.54, 1.807) is 12.4 Å². The molecule has 0 N–H and O–H groups in total. The molecule has 0 saturated heterocycles. The largest absolute Gasteiger partial charge is 0.487 e. The van der Waals surface area contributed by atoms with Gasteiger partial charge in [-0.25, -0.2) is 0 Å². The SMILES string of the molecule is C(#Cc1ccc2c(c1)OCCOCCOCCOCCO2)c1ccncc1. The fourth-order valence-electron chi connectivity index (χ4n) is 2.36. The van der Waals surface area contributed by atoms with Gasteiger partial charge in [0.2, 0.25) is 0 Å². The van der Waals surface area contributed by atoms with Crippen LogP contribution in [-0.4, -0.2) is 57.8 Å². The van der Waals surface area contributed by atoms with Crippen LogP contribution in [0.1, 0.15) is 11.1 Å². The van der Waals surface area contributed by atoms with Crippen molar-refractivity contribution in [1.82, 2.24) is 4.98 Å². The minimum atomic E-state index is 0.425. The summed E-state index contributed by atoms with van der Waals surface area (Å²) in [5.74, 6) is 7.56. The number of nitrogens with zero attached hydrogens (tertiary/aromatic N) is 1. The molecular weight excluding hydrogens is 346 g/mol. The van der Waals surface area contributed by atoms with Gasteiger partial charge >= 0.3 is 0 Å². The molecule has 6 nitrogen and oxygen atoms in total. The van der Waals surface area contributed by atoms with Crippen molar-refractivity contribution in [3.05, 3.63) is 53.9 Å². The first kappa shape index (κ1) is 19.2. The molecule has 0 amide bonds. The Hall–Kier alpha value is -2.59. The summed E-state index contributed by atoms with van der Waals surface area (Å²) in [5, 5.41) is 0. The summed E-state index contributed by atoms with van der Waals surface area (Å²) >= 11 is 0. The van der Waals surface area contributed by atoms with Crippen LogP contribution in [0.15, 0.2) is 42.7 Å². The van der Waals surface area contributed by atoms with Crippen LogP contribution in [0.2, 0.25) is 0 Å². The van der Waals surface area contributed by atoms with E-state index in [-0.39, 0.29) is 0 Å². The van der Waals surface area contributed by atoms with Gasteiger partial charge in [-0.3, -0.25) is 4.98 Å². The van der Waals surface area contributed by atoms with Crippen molar-refractivity contribution in [2.45, 2.75) is 0 Å². The molecule has 0 atom stereocenters. The van der Waals surface area contributed by atoms with E-state index in [2.05, 4.69) is 16.8 Å². The Labute approximate surface area is 159 Å². The van der Waals surface area contributed by atoms with Crippen LogP contribution in [0.4, 0.5) is 0 Å². The van der Waals surface area contributed by atoms with Crippen molar-refractivity contribution in [2.75, 3.05) is 52.9 Å². The predicted molar refractivity (Wildman–Crippen MR) is 100 cm³/mol. The minimum absolute atomic E-state index is 0.425. The van der Waals surface area contributed by atoms with Crippen LogP contribution in [-0.2, 0) is 14.2 Å². The molecule has 1 aliphatic heterocycles. The van der Waals surface area contributed by atoms with Crippen LogP contribution < -0.4 is 9.47 Å². The second kappa shape index (κ2) is 11.2. The van der Waals surface area contributed by atoms with Crippen LogP contribution in [0.3, 0.4) is 0 Å². The Morgan fingerprint density at radius 1 is 0.593 bits per heavy atom. The molecule has 142 valence electrons. The van der Waals surface area contributed by atoms with Gasteiger partial charge in [-0.15, -0.1) is 0 Å². The summed E-state index contributed by atoms with van der Waals surface area (Å²) in [6, 6.07) is 9.40. The van der Waals surface area contributed by atoms with Gasteiger partial charge in [0.15, 0.2) is 11.5 Å². The highest BCUT2D eigenvalue weighted by molar-refractivity contribution is 5.50. The average molecular weight is 369 g/mol. The van der Waals surface area contributed by atoms with E-state index in [9.17, 15) is 0 Å². The molecule has 0 aliphatic carbocycles. The smallest absolute Gasteiger partial charge is 0.162 e. The Bertz CT molecular complexity index is 754. The summed E-state index contributed by atoms with van der Waals surface area (Å²) in [6.07, 6.45) is 3.44. The lowest BCUT2D eigenvalue weighted by Crippen LogP contribution is -2.13. The molecule has 6 heteroatoms. The molecule has 0 radical (unpaired) electrons. The van der Waals surface area contributed by atoms with E-state index in [4.69, 9.17) is 23.7 Å². The van der Waals surface area contributed by atoms with Crippen molar-refractivity contribution < 1.29 is 23.7 Å². The number of hydrogen-bond donors (Lipinski definition) is 0. The third-order valence-corrected chi connectivity index (χ3v) is 3.69. The molecule has 2 heterocycles. The van der Waals surface area contributed by atoms with Crippen molar-refractivity contribution >= 4 is 0 Å². The zero-order valence-electron chi connectivity index (χ0n) is 15.2. The molecule has 0 spiro atoms. The molecular formula is C21H23NO5. The quantitative estimate of drug-likeness (QED) is 0.664. The second-order valence-corrected chi connectivity index (χ2v) is 5.68. The van der Waals surface area contributed by atoms with Crippen LogP contribution in [0.5, 0.6) is 11.5 Å². The Morgan fingerprint density at radius 2 is 1.15 bits per heavy atom. The van der Waals surface area contributed by atoms with E-state index in [1.165, 1.54) is 0 Å². The van der Waals surface area contributed by atoms with Gasteiger partial charge in [0.25, 0.3) is 0 Å². The molecule has 1 aromatic carbocycles. The number of hydrogen-bond acceptors (Lipinski definition) is 6. The van der Waals surface area contributed by atoms with E-state index >= 15 is 0 Å². The van der Waals surface area contributed by atoms with Crippen molar-refractivity contribution in [2.24, 2.45) is 0 Å². The number of pyridine rings is 1. The number of rotatable bonds is 0. The average Bonchev–Trinajstić information content (AvgIpc) is 2.72. The van der Waals surface area contributed by atoms with Gasteiger partial charge in [0, 0.05) is 23.5 Å². The Morgan fingerprint density at radius 3 is 1.81 bits per heavy atom. The fraction of sp³-hybridized carbons (Fsp3) is 0.381. The number of fused-ring (bicyclic) bond motifs is 1. The lowest BCUT2D eigenvalue weighted by molar-refractivity contribution is 0.00708. The summed E-state index contributed by atoms with van der Waals surface area (Å²) in [4.78, 5) is 3.99. The first-order valence-electron chi connectivity index (χ1n) is 8.97. The standard InChI is InChI=1S/C21H23NO5/c1(18-5-7-22-8-6-18)2-19-3-4-20-21(17-19)27-16-14-25-12-10-23-9-11-24-13-15-26-20/h3-8,17H,9-16H2. The van der Waals surface area contributed by atoms with E-state index in [0.29, 0.717) is 64.4 Å². The predicted octanol–water partition coefficient (Wildman–Crippen LogP) is 2.30. The van der Waals surface area contributed by atoms with Crippen molar-refractivity contribution in [3.8, 4) is 23.3 Å². The maximum Gasteiger partial charge on any atom is 0.162 e. The van der Waals surface area contributed by atoms with Gasteiger partial charge < -0.3 is 23.7 Å². The summed E-state index contributed by atoms with van der Waals surface area (Å²) in [6.45, 7) is 4.00. The summed E-state index contributed by atoms with van der Waals surface area (Å²) in [5.41, 5.74) is 1.75. The van der Waals surface area contributed by atoms with Crippen LogP contribution in [0.25, 0.3) is 0 Å². The number of aromatic nitrogens is 1. The molecule has 0 unspecified atom stereocenters. The number of ether oxygens (including phenoxy) is 5. The Kier molecular flexibility index (Phi) is 7.95. The maximum absolute atomic E-state index is 5.85. The van der Waals surface area contributed by atoms with Crippen molar-refractivity contribution in [1.29, 1.82) is 0 Å². The van der Waals surface area contributed by atoms with Gasteiger partial charge in [-0.05, 0) is 30.3 Å². The fourth-order valence-corrected chi connectivity index (χ4v) is 2.36. The highest BCUT2D eigenvalue weighted by Crippen LogP contribution is 2.28. The highest BCUT2D eigenvalue weighted by atomic mass is 16.6. The van der Waals surface area contributed by atoms with E-state index in [0.717, 1.165) is 11.1 Å². The third kappa shape index (κ3) is 6.91. The molecule has 1 aliphatic rings. The monoisotopic (exact) mass is 369 g/mol. The maximum atomic E-state index is 5.85. The second-order valence-electron chi connectivity index (χ2n) is 5.68. The third-order valence-electron chi connectivity index (χ3n) is 3.69. The molecule has 27 heavy (non-hydrogen) atoms. The summed E-state index contributed by atoms with van der Waals surface area (Å²) < 4.78 is 28.0. The molecule has 0 saturated carbocycles. The Balaban J connectivity index is 1.69. The number of benzene rings is 1. The molecule has 0 fully saturated rings. The van der Waals surface area contributed by atoms with Gasteiger partial charge in [0.1, 0.15) is 13.2 Å².